The number of fused-ring (bicyclic) bond motifs is 2. The van der Waals surface area contributed by atoms with Gasteiger partial charge < -0.3 is 10.1 Å². The number of hydrogen-bond donors (Lipinski definition) is 1. The Hall–Kier alpha value is -3.30. The summed E-state index contributed by atoms with van der Waals surface area (Å²) in [5, 5.41) is 3.91. The number of rotatable bonds is 6. The highest BCUT2D eigenvalue weighted by Gasteiger charge is 2.29. The van der Waals surface area contributed by atoms with Crippen molar-refractivity contribution in [3.05, 3.63) is 67.9 Å². The van der Waals surface area contributed by atoms with Crippen LogP contribution in [0.5, 0.6) is 0 Å². The van der Waals surface area contributed by atoms with Gasteiger partial charge in [0.1, 0.15) is 16.4 Å². The van der Waals surface area contributed by atoms with Crippen molar-refractivity contribution in [1.82, 2.24) is 9.55 Å². The van der Waals surface area contributed by atoms with Crippen LogP contribution in [0.3, 0.4) is 0 Å². The van der Waals surface area contributed by atoms with Crippen molar-refractivity contribution in [3.63, 3.8) is 0 Å². The molecule has 0 saturated carbocycles. The molecule has 0 aliphatic heterocycles. The molecule has 1 aromatic carbocycles. The standard InChI is InChI=1S/C27H27N3O4S2/c1-4-34-27(33)22-18-11-10-15(2)12-19(18)36-25(22)29-20(31)13-30-14-28-24-23(26(30)32)21(16(3)35-24)17-8-6-5-7-9-17/h5-9,14-15H,4,10-13H2,1-3H3,(H,29,31). The highest BCUT2D eigenvalue weighted by Crippen LogP contribution is 2.40. The highest BCUT2D eigenvalue weighted by atomic mass is 32.1. The van der Waals surface area contributed by atoms with Crippen LogP contribution in [0.4, 0.5) is 5.00 Å². The number of esters is 1. The summed E-state index contributed by atoms with van der Waals surface area (Å²) < 4.78 is 6.63. The van der Waals surface area contributed by atoms with E-state index in [1.54, 1.807) is 6.92 Å². The van der Waals surface area contributed by atoms with Crippen LogP contribution >= 0.6 is 22.7 Å². The molecule has 4 aromatic rings. The number of thiophene rings is 2. The smallest absolute Gasteiger partial charge is 0.341 e. The Morgan fingerprint density at radius 3 is 2.75 bits per heavy atom. The van der Waals surface area contributed by atoms with E-state index in [1.807, 2.05) is 37.3 Å². The van der Waals surface area contributed by atoms with Gasteiger partial charge >= 0.3 is 5.97 Å². The quantitative estimate of drug-likeness (QED) is 0.342. The van der Waals surface area contributed by atoms with Gasteiger partial charge in [0.2, 0.25) is 5.91 Å². The second kappa shape index (κ2) is 9.99. The number of anilines is 1. The Bertz CT molecular complexity index is 1520. The summed E-state index contributed by atoms with van der Waals surface area (Å²) in [4.78, 5) is 46.6. The maximum Gasteiger partial charge on any atom is 0.341 e. The third-order valence-corrected chi connectivity index (χ3v) is 8.66. The molecule has 7 nitrogen and oxygen atoms in total. The first-order valence-corrected chi connectivity index (χ1v) is 13.7. The second-order valence-electron chi connectivity index (χ2n) is 9.08. The molecule has 1 aliphatic rings. The van der Waals surface area contributed by atoms with E-state index in [0.717, 1.165) is 45.7 Å². The molecule has 0 saturated heterocycles. The number of ether oxygens (including phenoxy) is 1. The van der Waals surface area contributed by atoms with E-state index in [1.165, 1.54) is 33.6 Å². The number of aryl methyl sites for hydroxylation is 1. The second-order valence-corrected chi connectivity index (χ2v) is 11.4. The van der Waals surface area contributed by atoms with Crippen LogP contribution in [0.15, 0.2) is 41.5 Å². The Balaban J connectivity index is 1.46. The molecule has 1 N–H and O–H groups in total. The van der Waals surface area contributed by atoms with Crippen molar-refractivity contribution in [1.29, 1.82) is 0 Å². The molecule has 1 atom stereocenters. The van der Waals surface area contributed by atoms with Crippen LogP contribution in [0.2, 0.25) is 0 Å². The molecule has 0 fully saturated rings. The number of carbonyl (C=O) groups is 2. The number of amides is 1. The van der Waals surface area contributed by atoms with Crippen LogP contribution in [-0.4, -0.2) is 28.0 Å². The molecule has 0 bridgehead atoms. The summed E-state index contributed by atoms with van der Waals surface area (Å²) in [6.07, 6.45) is 4.08. The molecule has 9 heteroatoms. The van der Waals surface area contributed by atoms with E-state index < -0.39 is 5.97 Å². The lowest BCUT2D eigenvalue weighted by atomic mass is 9.88. The van der Waals surface area contributed by atoms with Gasteiger partial charge in [-0.2, -0.15) is 0 Å². The Kier molecular flexibility index (Phi) is 6.77. The molecule has 5 rings (SSSR count). The number of nitrogens with zero attached hydrogens (tertiary/aromatic N) is 2. The van der Waals surface area contributed by atoms with E-state index in [2.05, 4.69) is 17.2 Å². The first kappa shape index (κ1) is 24.4. The predicted molar refractivity (Wildman–Crippen MR) is 144 cm³/mol. The van der Waals surface area contributed by atoms with Crippen molar-refractivity contribution in [3.8, 4) is 11.1 Å². The maximum absolute atomic E-state index is 13.5. The molecule has 0 spiro atoms. The molecule has 186 valence electrons. The van der Waals surface area contributed by atoms with Crippen molar-refractivity contribution in [2.75, 3.05) is 11.9 Å². The van der Waals surface area contributed by atoms with Gasteiger partial charge in [0.05, 0.1) is 23.9 Å². The normalized spacial score (nSPS) is 15.0. The molecule has 3 aromatic heterocycles. The van der Waals surface area contributed by atoms with Gasteiger partial charge in [-0.15, -0.1) is 22.7 Å². The first-order chi connectivity index (χ1) is 17.4. The topological polar surface area (TPSA) is 90.3 Å². The van der Waals surface area contributed by atoms with Gasteiger partial charge in [-0.1, -0.05) is 37.3 Å². The zero-order valence-electron chi connectivity index (χ0n) is 20.4. The van der Waals surface area contributed by atoms with Crippen molar-refractivity contribution in [2.45, 2.75) is 46.6 Å². The number of hydrogen-bond acceptors (Lipinski definition) is 7. The lowest BCUT2D eigenvalue weighted by Crippen LogP contribution is -2.28. The van der Waals surface area contributed by atoms with E-state index in [9.17, 15) is 14.4 Å². The zero-order chi connectivity index (χ0) is 25.4. The van der Waals surface area contributed by atoms with E-state index in [0.29, 0.717) is 26.7 Å². The summed E-state index contributed by atoms with van der Waals surface area (Å²) >= 11 is 2.90. The minimum Gasteiger partial charge on any atom is -0.462 e. The number of aromatic nitrogens is 2. The van der Waals surface area contributed by atoms with Gasteiger partial charge in [0, 0.05) is 15.3 Å². The van der Waals surface area contributed by atoms with Crippen LogP contribution in [0, 0.1) is 12.8 Å². The summed E-state index contributed by atoms with van der Waals surface area (Å²) in [5.41, 5.74) is 2.97. The Morgan fingerprint density at radius 2 is 2.00 bits per heavy atom. The van der Waals surface area contributed by atoms with Gasteiger partial charge in [-0.05, 0) is 50.2 Å². The van der Waals surface area contributed by atoms with Crippen LogP contribution in [0.1, 0.15) is 45.9 Å². The molecule has 1 amide bonds. The lowest BCUT2D eigenvalue weighted by molar-refractivity contribution is -0.116. The number of benzene rings is 1. The van der Waals surface area contributed by atoms with Gasteiger partial charge in [0.25, 0.3) is 5.56 Å². The number of carbonyl (C=O) groups excluding carboxylic acids is 2. The molecule has 0 radical (unpaired) electrons. The molecular weight excluding hydrogens is 494 g/mol. The van der Waals surface area contributed by atoms with E-state index in [4.69, 9.17) is 4.74 Å². The monoisotopic (exact) mass is 521 g/mol. The van der Waals surface area contributed by atoms with Crippen molar-refractivity contribution >= 4 is 49.8 Å². The summed E-state index contributed by atoms with van der Waals surface area (Å²) in [5.74, 6) is -0.274. The van der Waals surface area contributed by atoms with Crippen LogP contribution in [-0.2, 0) is 28.9 Å². The molecule has 1 unspecified atom stereocenters. The third kappa shape index (κ3) is 4.49. The average Bonchev–Trinajstić information content (AvgIpc) is 3.38. The van der Waals surface area contributed by atoms with Gasteiger partial charge in [0.15, 0.2) is 0 Å². The first-order valence-electron chi connectivity index (χ1n) is 12.0. The molecule has 1 aliphatic carbocycles. The fourth-order valence-corrected chi connectivity index (χ4v) is 7.20. The summed E-state index contributed by atoms with van der Waals surface area (Å²) in [6.45, 7) is 5.99. The van der Waals surface area contributed by atoms with Crippen LogP contribution < -0.4 is 10.9 Å². The number of nitrogens with one attached hydrogen (secondary N) is 1. The van der Waals surface area contributed by atoms with Crippen LogP contribution in [0.25, 0.3) is 21.3 Å². The fraction of sp³-hybridized carbons (Fsp3) is 0.333. The molecular formula is C27H27N3O4S2. The Morgan fingerprint density at radius 1 is 1.22 bits per heavy atom. The lowest BCUT2D eigenvalue weighted by Gasteiger charge is -2.18. The van der Waals surface area contributed by atoms with E-state index >= 15 is 0 Å². The fourth-order valence-electron chi connectivity index (χ4n) is 4.78. The highest BCUT2D eigenvalue weighted by molar-refractivity contribution is 7.19. The molecule has 3 heterocycles. The van der Waals surface area contributed by atoms with Crippen molar-refractivity contribution < 1.29 is 14.3 Å². The average molecular weight is 522 g/mol. The SMILES string of the molecule is CCOC(=O)c1c(NC(=O)Cn2cnc3sc(C)c(-c4ccccc4)c3c2=O)sc2c1CCC(C)C2. The summed E-state index contributed by atoms with van der Waals surface area (Å²) in [7, 11) is 0. The van der Waals surface area contributed by atoms with E-state index in [-0.39, 0.29) is 24.6 Å². The third-order valence-electron chi connectivity index (χ3n) is 6.48. The van der Waals surface area contributed by atoms with Crippen molar-refractivity contribution in [2.24, 2.45) is 5.92 Å². The van der Waals surface area contributed by atoms with Gasteiger partial charge in [-0.25, -0.2) is 9.78 Å². The predicted octanol–water partition coefficient (Wildman–Crippen LogP) is 5.44. The zero-order valence-corrected chi connectivity index (χ0v) is 22.1. The summed E-state index contributed by atoms with van der Waals surface area (Å²) in [6, 6.07) is 9.73. The largest absolute Gasteiger partial charge is 0.462 e. The minimum absolute atomic E-state index is 0.202. The molecule has 36 heavy (non-hydrogen) atoms. The minimum atomic E-state index is -0.415. The van der Waals surface area contributed by atoms with Gasteiger partial charge in [-0.3, -0.25) is 14.2 Å². The Labute approximate surface area is 216 Å². The maximum atomic E-state index is 13.5.